The van der Waals surface area contributed by atoms with Gasteiger partial charge in [0.2, 0.25) is 0 Å². The molecule has 2 aromatic rings. The minimum atomic E-state index is -5.08. The number of rotatable bonds is 4. The van der Waals surface area contributed by atoms with Crippen LogP contribution in [-0.4, -0.2) is 69.6 Å². The molecule has 1 N–H and O–H groups in total. The Bertz CT molecular complexity index is 894. The topological polar surface area (TPSA) is 115 Å². The van der Waals surface area contributed by atoms with E-state index in [1.165, 1.54) is 12.5 Å². The van der Waals surface area contributed by atoms with Crippen molar-refractivity contribution in [3.63, 3.8) is 0 Å². The summed E-state index contributed by atoms with van der Waals surface area (Å²) in [6.45, 7) is 2.35. The summed E-state index contributed by atoms with van der Waals surface area (Å²) in [6, 6.07) is 5.79. The molecule has 0 unspecified atom stereocenters. The van der Waals surface area contributed by atoms with Crippen molar-refractivity contribution in [2.24, 2.45) is 0 Å². The largest absolute Gasteiger partial charge is 0.490 e. The SMILES string of the molecule is O=C(O)C(F)(F)F.O=C(c1cnoc1)N1CCC[C@]2(C[C@H](OCc3ccccn3)CO2)C1. The molecule has 2 aliphatic heterocycles. The van der Waals surface area contributed by atoms with Gasteiger partial charge in [-0.15, -0.1) is 0 Å². The zero-order chi connectivity index (χ0) is 23.2. The second-order valence-electron chi connectivity index (χ2n) is 7.50. The number of hydrogen-bond acceptors (Lipinski definition) is 7. The first-order valence-electron chi connectivity index (χ1n) is 9.83. The Hall–Kier alpha value is -2.99. The van der Waals surface area contributed by atoms with E-state index in [0.29, 0.717) is 25.3 Å². The fourth-order valence-corrected chi connectivity index (χ4v) is 3.65. The number of alkyl halides is 3. The van der Waals surface area contributed by atoms with Gasteiger partial charge in [0.1, 0.15) is 6.26 Å². The lowest BCUT2D eigenvalue weighted by atomic mass is 9.89. The van der Waals surface area contributed by atoms with Crippen LogP contribution in [0.25, 0.3) is 0 Å². The van der Waals surface area contributed by atoms with Gasteiger partial charge in [0.05, 0.1) is 48.9 Å². The number of piperidine rings is 1. The predicted octanol–water partition coefficient (Wildman–Crippen LogP) is 2.68. The number of hydrogen-bond donors (Lipinski definition) is 1. The fourth-order valence-electron chi connectivity index (χ4n) is 3.65. The van der Waals surface area contributed by atoms with Crippen LogP contribution in [0.2, 0.25) is 0 Å². The highest BCUT2D eigenvalue weighted by Crippen LogP contribution is 2.36. The third kappa shape index (κ3) is 6.26. The summed E-state index contributed by atoms with van der Waals surface area (Å²) in [7, 11) is 0. The van der Waals surface area contributed by atoms with Crippen LogP contribution >= 0.6 is 0 Å². The quantitative estimate of drug-likeness (QED) is 0.745. The van der Waals surface area contributed by atoms with E-state index in [4.69, 9.17) is 23.9 Å². The summed E-state index contributed by atoms with van der Waals surface area (Å²) in [5, 5.41) is 10.7. The van der Waals surface area contributed by atoms with Gasteiger partial charge in [-0.1, -0.05) is 11.2 Å². The average molecular weight is 457 g/mol. The minimum Gasteiger partial charge on any atom is -0.475 e. The number of pyridine rings is 1. The van der Waals surface area contributed by atoms with Crippen LogP contribution in [0.5, 0.6) is 0 Å². The molecule has 2 aliphatic rings. The average Bonchev–Trinajstić information content (AvgIpc) is 3.43. The molecule has 32 heavy (non-hydrogen) atoms. The van der Waals surface area contributed by atoms with Gasteiger partial charge < -0.3 is 24.0 Å². The van der Waals surface area contributed by atoms with E-state index >= 15 is 0 Å². The number of carbonyl (C=O) groups excluding carboxylic acids is 1. The van der Waals surface area contributed by atoms with Crippen molar-refractivity contribution in [3.05, 3.63) is 48.1 Å². The van der Waals surface area contributed by atoms with Crippen LogP contribution in [0.4, 0.5) is 13.2 Å². The van der Waals surface area contributed by atoms with E-state index in [2.05, 4.69) is 10.1 Å². The lowest BCUT2D eigenvalue weighted by Crippen LogP contribution is -2.50. The Balaban J connectivity index is 0.000000360. The van der Waals surface area contributed by atoms with Gasteiger partial charge in [-0.05, 0) is 25.0 Å². The zero-order valence-corrected chi connectivity index (χ0v) is 17.0. The molecule has 0 bridgehead atoms. The normalized spacial score (nSPS) is 23.0. The minimum absolute atomic E-state index is 0.0349. The number of carboxylic acids is 1. The number of carbonyl (C=O) groups is 2. The maximum absolute atomic E-state index is 12.5. The van der Waals surface area contributed by atoms with Crippen LogP contribution in [0.15, 0.2) is 41.4 Å². The monoisotopic (exact) mass is 457 g/mol. The first-order chi connectivity index (χ1) is 15.2. The van der Waals surface area contributed by atoms with Gasteiger partial charge in [-0.2, -0.15) is 13.2 Å². The molecule has 2 saturated heterocycles. The Morgan fingerprint density at radius 2 is 2.12 bits per heavy atom. The number of aliphatic carboxylic acids is 1. The third-order valence-electron chi connectivity index (χ3n) is 5.12. The molecule has 12 heteroatoms. The summed E-state index contributed by atoms with van der Waals surface area (Å²) in [4.78, 5) is 27.5. The summed E-state index contributed by atoms with van der Waals surface area (Å²) < 4.78 is 48.6. The van der Waals surface area contributed by atoms with Crippen molar-refractivity contribution >= 4 is 11.9 Å². The van der Waals surface area contributed by atoms with E-state index in [0.717, 1.165) is 31.5 Å². The highest BCUT2D eigenvalue weighted by Gasteiger charge is 2.45. The molecule has 4 heterocycles. The van der Waals surface area contributed by atoms with Gasteiger partial charge in [0, 0.05) is 19.2 Å². The van der Waals surface area contributed by atoms with Crippen LogP contribution in [-0.2, 0) is 20.9 Å². The molecule has 2 atom stereocenters. The Morgan fingerprint density at radius 1 is 1.34 bits per heavy atom. The summed E-state index contributed by atoms with van der Waals surface area (Å²) in [6.07, 6.45) is 2.23. The van der Waals surface area contributed by atoms with Gasteiger partial charge in [-0.3, -0.25) is 9.78 Å². The molecule has 0 radical (unpaired) electrons. The fraction of sp³-hybridized carbons (Fsp3) is 0.500. The predicted molar refractivity (Wildman–Crippen MR) is 101 cm³/mol. The van der Waals surface area contributed by atoms with E-state index in [1.54, 1.807) is 6.20 Å². The molecule has 1 spiro atoms. The smallest absolute Gasteiger partial charge is 0.475 e. The van der Waals surface area contributed by atoms with E-state index in [9.17, 15) is 18.0 Å². The van der Waals surface area contributed by atoms with Gasteiger partial charge in [0.15, 0.2) is 0 Å². The summed E-state index contributed by atoms with van der Waals surface area (Å²) in [5.41, 5.74) is 1.09. The molecule has 0 aliphatic carbocycles. The Labute approximate surface area is 181 Å². The van der Waals surface area contributed by atoms with Crippen LogP contribution in [0.1, 0.15) is 35.3 Å². The van der Waals surface area contributed by atoms with Gasteiger partial charge in [-0.25, -0.2) is 4.79 Å². The molecule has 2 fully saturated rings. The molecule has 4 rings (SSSR count). The van der Waals surface area contributed by atoms with Crippen molar-refractivity contribution in [1.82, 2.24) is 15.0 Å². The molecule has 0 aromatic carbocycles. The highest BCUT2D eigenvalue weighted by molar-refractivity contribution is 5.93. The third-order valence-corrected chi connectivity index (χ3v) is 5.12. The number of aromatic nitrogens is 2. The first-order valence-corrected chi connectivity index (χ1v) is 9.83. The van der Waals surface area contributed by atoms with Crippen LogP contribution in [0.3, 0.4) is 0 Å². The molecular formula is C20H22F3N3O6. The number of carboxylic acid groups (broad SMARTS) is 1. The van der Waals surface area contributed by atoms with Crippen molar-refractivity contribution in [3.8, 4) is 0 Å². The van der Waals surface area contributed by atoms with Crippen LogP contribution in [0, 0.1) is 0 Å². The Kier molecular flexibility index (Phi) is 7.46. The standard InChI is InChI=1S/C18H21N3O4.C2HF3O2/c22-17(14-9-20-25-10-14)21-7-3-5-18(13-21)8-16(12-24-18)23-11-15-4-1-2-6-19-15;3-2(4,5)1(6)7/h1-2,4,6,9-10,16H,3,5,7-8,11-13H2;(H,6,7)/t16-,18-;/m0./s1. The maximum atomic E-state index is 12.5. The van der Waals surface area contributed by atoms with Gasteiger partial charge in [0.25, 0.3) is 5.91 Å². The van der Waals surface area contributed by atoms with Crippen molar-refractivity contribution in [2.75, 3.05) is 19.7 Å². The van der Waals surface area contributed by atoms with Crippen LogP contribution < -0.4 is 0 Å². The number of likely N-dealkylation sites (tertiary alicyclic amines) is 1. The molecule has 1 amide bonds. The lowest BCUT2D eigenvalue weighted by Gasteiger charge is -2.39. The summed E-state index contributed by atoms with van der Waals surface area (Å²) >= 11 is 0. The second kappa shape index (κ2) is 10.1. The first kappa shape index (κ1) is 23.7. The summed E-state index contributed by atoms with van der Waals surface area (Å²) in [5.74, 6) is -2.81. The lowest BCUT2D eigenvalue weighted by molar-refractivity contribution is -0.192. The van der Waals surface area contributed by atoms with Crippen molar-refractivity contribution in [2.45, 2.75) is 43.8 Å². The number of halogens is 3. The number of nitrogens with zero attached hydrogens (tertiary/aromatic N) is 3. The van der Waals surface area contributed by atoms with Crippen molar-refractivity contribution < 1.29 is 41.9 Å². The van der Waals surface area contributed by atoms with Crippen molar-refractivity contribution in [1.29, 1.82) is 0 Å². The molecule has 0 saturated carbocycles. The second-order valence-corrected chi connectivity index (χ2v) is 7.50. The zero-order valence-electron chi connectivity index (χ0n) is 17.0. The molecule has 174 valence electrons. The number of amides is 1. The molecular weight excluding hydrogens is 435 g/mol. The number of ether oxygens (including phenoxy) is 2. The molecule has 9 nitrogen and oxygen atoms in total. The van der Waals surface area contributed by atoms with Gasteiger partial charge >= 0.3 is 12.1 Å². The Morgan fingerprint density at radius 3 is 2.75 bits per heavy atom. The van der Waals surface area contributed by atoms with E-state index in [-0.39, 0.29) is 17.6 Å². The van der Waals surface area contributed by atoms with E-state index in [1.807, 2.05) is 23.1 Å². The molecule has 2 aromatic heterocycles. The van der Waals surface area contributed by atoms with E-state index < -0.39 is 12.1 Å². The maximum Gasteiger partial charge on any atom is 0.490 e. The highest BCUT2D eigenvalue weighted by atomic mass is 19.4.